The van der Waals surface area contributed by atoms with Crippen molar-refractivity contribution in [2.24, 2.45) is 0 Å². The summed E-state index contributed by atoms with van der Waals surface area (Å²) in [6.07, 6.45) is 0. The average Bonchev–Trinajstić information content (AvgIpc) is 2.11. The van der Waals surface area contributed by atoms with Gasteiger partial charge in [-0.1, -0.05) is 23.1 Å². The summed E-state index contributed by atoms with van der Waals surface area (Å²) in [4.78, 5) is 0. The zero-order valence-corrected chi connectivity index (χ0v) is 11.2. The number of rotatable bonds is 7. The molecular weight excluding hydrogens is 204 g/mol. The predicted molar refractivity (Wildman–Crippen MR) is 68.0 cm³/mol. The Kier molecular flexibility index (Phi) is 5.33. The molecule has 0 spiro atoms. The van der Waals surface area contributed by atoms with Gasteiger partial charge in [0.25, 0.3) is 0 Å². The van der Waals surface area contributed by atoms with Crippen molar-refractivity contribution >= 4 is 17.6 Å². The van der Waals surface area contributed by atoms with Crippen LogP contribution in [0.2, 0.25) is 12.1 Å². The molecule has 0 unspecified atom stereocenters. The summed E-state index contributed by atoms with van der Waals surface area (Å²) >= 11 is 0. The summed E-state index contributed by atoms with van der Waals surface area (Å²) in [7, 11) is -1.06. The molecule has 0 aromatic rings. The van der Waals surface area contributed by atoms with Crippen molar-refractivity contribution in [2.45, 2.75) is 31.2 Å². The van der Waals surface area contributed by atoms with Gasteiger partial charge in [-0.25, -0.2) is 0 Å². The van der Waals surface area contributed by atoms with Gasteiger partial charge in [0.2, 0.25) is 0 Å². The van der Waals surface area contributed by atoms with Crippen LogP contribution >= 0.6 is 0 Å². The van der Waals surface area contributed by atoms with E-state index < -0.39 is 13.3 Å². The minimum absolute atomic E-state index is 0.538. The summed E-state index contributed by atoms with van der Waals surface area (Å²) in [5, 5.41) is 9.04. The fourth-order valence-corrected chi connectivity index (χ4v) is 5.10. The van der Waals surface area contributed by atoms with Crippen LogP contribution < -0.4 is 0 Å². The largest absolute Gasteiger partial charge is 0.395 e. The van der Waals surface area contributed by atoms with Crippen LogP contribution in [0, 0.1) is 0 Å². The van der Waals surface area contributed by atoms with Crippen LogP contribution in [0.5, 0.6) is 0 Å². The molecule has 78 valence electrons. The highest BCUT2D eigenvalue weighted by molar-refractivity contribution is 6.93. The molecule has 0 aromatic carbocycles. The smallest absolute Gasteiger partial charge is 0.124 e. The molecular formula is C11H20OSi2. The van der Waals surface area contributed by atoms with Gasteiger partial charge in [-0.15, -0.1) is 19.7 Å². The van der Waals surface area contributed by atoms with Crippen molar-refractivity contribution in [3.8, 4) is 0 Å². The van der Waals surface area contributed by atoms with Gasteiger partial charge in [0, 0.05) is 5.22 Å². The van der Waals surface area contributed by atoms with Crippen LogP contribution in [0.15, 0.2) is 36.8 Å². The van der Waals surface area contributed by atoms with Crippen LogP contribution in [0.4, 0.5) is 0 Å². The Balaban J connectivity index is 4.15. The van der Waals surface area contributed by atoms with Crippen LogP contribution in [-0.2, 0) is 0 Å². The molecule has 0 aromatic heterocycles. The second kappa shape index (κ2) is 5.48. The normalized spacial score (nSPS) is 12.2. The van der Waals surface area contributed by atoms with Crippen molar-refractivity contribution < 1.29 is 5.11 Å². The van der Waals surface area contributed by atoms with E-state index in [1.807, 2.05) is 30.9 Å². The zero-order chi connectivity index (χ0) is 11.2. The van der Waals surface area contributed by atoms with E-state index in [4.69, 9.17) is 0 Å². The first-order valence-corrected chi connectivity index (χ1v) is 8.42. The van der Waals surface area contributed by atoms with Crippen molar-refractivity contribution in [3.63, 3.8) is 0 Å². The minimum Gasteiger partial charge on any atom is -0.395 e. The van der Waals surface area contributed by atoms with Crippen LogP contribution in [-0.4, -0.2) is 27.9 Å². The first-order chi connectivity index (χ1) is 6.39. The SMILES string of the molecule is C=C[Si](C=C)(C=C)CC[Si]C(C)(C)O. The molecule has 3 heteroatoms. The van der Waals surface area contributed by atoms with Crippen LogP contribution in [0.25, 0.3) is 0 Å². The van der Waals surface area contributed by atoms with E-state index in [0.29, 0.717) is 9.52 Å². The fourth-order valence-electron chi connectivity index (χ4n) is 1.14. The Bertz CT molecular complexity index is 194. The Labute approximate surface area is 91.1 Å². The summed E-state index contributed by atoms with van der Waals surface area (Å²) in [5.41, 5.74) is 6.01. The molecule has 0 fully saturated rings. The van der Waals surface area contributed by atoms with Gasteiger partial charge in [0.15, 0.2) is 0 Å². The molecule has 2 radical (unpaired) electrons. The van der Waals surface area contributed by atoms with Gasteiger partial charge < -0.3 is 5.11 Å². The summed E-state index contributed by atoms with van der Waals surface area (Å²) in [6, 6.07) is 2.09. The maximum absolute atomic E-state index is 9.58. The topological polar surface area (TPSA) is 20.2 Å². The predicted octanol–water partition coefficient (Wildman–Crippen LogP) is 2.46. The summed E-state index contributed by atoms with van der Waals surface area (Å²) < 4.78 is 0. The zero-order valence-electron chi connectivity index (χ0n) is 9.21. The number of hydrogen-bond acceptors (Lipinski definition) is 1. The standard InChI is InChI=1S/C11H20OSi2/c1-6-14(7-2,8-3)10-9-13-11(4,5)12/h6-8,12H,1-3,9-10H2,4-5H3. The Hall–Kier alpha value is -0.386. The van der Waals surface area contributed by atoms with E-state index in [1.54, 1.807) is 0 Å². The quantitative estimate of drug-likeness (QED) is 0.659. The molecule has 1 nitrogen and oxygen atoms in total. The average molecular weight is 224 g/mol. The molecule has 0 saturated heterocycles. The van der Waals surface area contributed by atoms with Gasteiger partial charge in [-0.2, -0.15) is 0 Å². The van der Waals surface area contributed by atoms with E-state index in [0.717, 1.165) is 12.1 Å². The minimum atomic E-state index is -1.63. The van der Waals surface area contributed by atoms with E-state index in [1.165, 1.54) is 0 Å². The van der Waals surface area contributed by atoms with E-state index in [2.05, 4.69) is 19.7 Å². The van der Waals surface area contributed by atoms with E-state index >= 15 is 0 Å². The molecule has 0 atom stereocenters. The molecule has 0 saturated carbocycles. The molecule has 0 aliphatic carbocycles. The molecule has 14 heavy (non-hydrogen) atoms. The van der Waals surface area contributed by atoms with Gasteiger partial charge in [0.05, 0.1) is 9.52 Å². The molecule has 0 aliphatic rings. The van der Waals surface area contributed by atoms with E-state index in [-0.39, 0.29) is 0 Å². The Morgan fingerprint density at radius 2 is 1.64 bits per heavy atom. The summed E-state index contributed by atoms with van der Waals surface area (Å²) in [5.74, 6) is 0. The third-order valence-corrected chi connectivity index (χ3v) is 7.52. The first kappa shape index (κ1) is 13.6. The van der Waals surface area contributed by atoms with Gasteiger partial charge in [-0.05, 0) is 19.9 Å². The van der Waals surface area contributed by atoms with Crippen LogP contribution in [0.1, 0.15) is 13.8 Å². The second-order valence-electron chi connectivity index (χ2n) is 3.96. The van der Waals surface area contributed by atoms with Gasteiger partial charge in [0.1, 0.15) is 8.07 Å². The maximum atomic E-state index is 9.58. The van der Waals surface area contributed by atoms with Crippen molar-refractivity contribution in [1.29, 1.82) is 0 Å². The number of hydrogen-bond donors (Lipinski definition) is 1. The van der Waals surface area contributed by atoms with E-state index in [9.17, 15) is 5.11 Å². The molecule has 1 N–H and O–H groups in total. The lowest BCUT2D eigenvalue weighted by Gasteiger charge is -2.22. The highest BCUT2D eigenvalue weighted by Gasteiger charge is 2.23. The van der Waals surface area contributed by atoms with Gasteiger partial charge in [-0.3, -0.25) is 0 Å². The molecule has 0 heterocycles. The van der Waals surface area contributed by atoms with Crippen molar-refractivity contribution in [1.82, 2.24) is 0 Å². The molecule has 0 amide bonds. The lowest BCUT2D eigenvalue weighted by molar-refractivity contribution is 0.165. The van der Waals surface area contributed by atoms with Crippen molar-refractivity contribution in [2.75, 3.05) is 0 Å². The number of aliphatic hydroxyl groups is 1. The fraction of sp³-hybridized carbons (Fsp3) is 0.455. The second-order valence-corrected chi connectivity index (χ2v) is 9.99. The van der Waals surface area contributed by atoms with Crippen molar-refractivity contribution in [3.05, 3.63) is 36.8 Å². The Morgan fingerprint density at radius 3 is 1.93 bits per heavy atom. The Morgan fingerprint density at radius 1 is 1.21 bits per heavy atom. The summed E-state index contributed by atoms with van der Waals surface area (Å²) in [6.45, 7) is 15.3. The maximum Gasteiger partial charge on any atom is 0.124 e. The third kappa shape index (κ3) is 4.74. The first-order valence-electron chi connectivity index (χ1n) is 4.77. The third-order valence-electron chi connectivity index (χ3n) is 2.26. The lowest BCUT2D eigenvalue weighted by atomic mass is 10.5. The van der Waals surface area contributed by atoms with Crippen LogP contribution in [0.3, 0.4) is 0 Å². The molecule has 0 aliphatic heterocycles. The highest BCUT2D eigenvalue weighted by Crippen LogP contribution is 2.17. The van der Waals surface area contributed by atoms with Gasteiger partial charge >= 0.3 is 0 Å². The molecule has 0 bridgehead atoms. The lowest BCUT2D eigenvalue weighted by Crippen LogP contribution is -2.32. The molecule has 0 rings (SSSR count). The monoisotopic (exact) mass is 224 g/mol. The highest BCUT2D eigenvalue weighted by atomic mass is 28.3.